The van der Waals surface area contributed by atoms with Crippen LogP contribution in [-0.4, -0.2) is 31.1 Å². The highest BCUT2D eigenvalue weighted by Crippen LogP contribution is 2.47. The summed E-state index contributed by atoms with van der Waals surface area (Å²) >= 11 is 0. The summed E-state index contributed by atoms with van der Waals surface area (Å²) in [5.74, 6) is -0.323. The van der Waals surface area contributed by atoms with Gasteiger partial charge in [-0.15, -0.1) is 0 Å². The number of hydrogen-bond acceptors (Lipinski definition) is 4. The van der Waals surface area contributed by atoms with E-state index in [4.69, 9.17) is 0 Å². The number of aromatic nitrogens is 5. The second kappa shape index (κ2) is 5.05. The van der Waals surface area contributed by atoms with Gasteiger partial charge in [0.2, 0.25) is 5.91 Å². The Morgan fingerprint density at radius 3 is 2.92 bits per heavy atom. The highest BCUT2D eigenvalue weighted by Gasteiger charge is 2.46. The molecule has 0 radical (unpaired) electrons. The summed E-state index contributed by atoms with van der Waals surface area (Å²) in [4.78, 5) is 23.7. The lowest BCUT2D eigenvalue weighted by Crippen LogP contribution is -2.15. The van der Waals surface area contributed by atoms with E-state index in [0.29, 0.717) is 17.9 Å². The van der Waals surface area contributed by atoms with Gasteiger partial charge in [-0.25, -0.2) is 9.97 Å². The zero-order valence-corrected chi connectivity index (χ0v) is 12.1. The Balaban J connectivity index is 1.44. The molecule has 1 amide bonds. The summed E-state index contributed by atoms with van der Waals surface area (Å²) in [6.07, 6.45) is -2.33. The highest BCUT2D eigenvalue weighted by molar-refractivity contribution is 5.94. The molecule has 0 saturated heterocycles. The first kappa shape index (κ1) is 14.7. The quantitative estimate of drug-likeness (QED) is 0.684. The number of pyridine rings is 1. The van der Waals surface area contributed by atoms with Crippen molar-refractivity contribution in [1.29, 1.82) is 0 Å². The smallest absolute Gasteiger partial charge is 0.340 e. The minimum atomic E-state index is -4.53. The first-order valence-corrected chi connectivity index (χ1v) is 7.16. The van der Waals surface area contributed by atoms with Crippen LogP contribution in [0.5, 0.6) is 0 Å². The van der Waals surface area contributed by atoms with Gasteiger partial charge in [0.25, 0.3) is 0 Å². The molecule has 24 heavy (non-hydrogen) atoms. The van der Waals surface area contributed by atoms with Crippen molar-refractivity contribution in [3.05, 3.63) is 35.9 Å². The van der Waals surface area contributed by atoms with Gasteiger partial charge in [-0.05, 0) is 18.6 Å². The molecule has 124 valence electrons. The minimum absolute atomic E-state index is 0.0970. The zero-order valence-electron chi connectivity index (χ0n) is 12.1. The average molecular weight is 336 g/mol. The number of nitrogens with one attached hydrogen (secondary N) is 3. The van der Waals surface area contributed by atoms with Crippen molar-refractivity contribution in [3.63, 3.8) is 0 Å². The van der Waals surface area contributed by atoms with E-state index < -0.39 is 11.9 Å². The predicted molar refractivity (Wildman–Crippen MR) is 77.0 cm³/mol. The van der Waals surface area contributed by atoms with E-state index in [9.17, 15) is 18.0 Å². The number of carbonyl (C=O) groups is 1. The van der Waals surface area contributed by atoms with Crippen LogP contribution in [0.2, 0.25) is 0 Å². The van der Waals surface area contributed by atoms with Crippen LogP contribution in [-0.2, 0) is 11.0 Å². The van der Waals surface area contributed by atoms with Crippen molar-refractivity contribution in [2.75, 3.05) is 5.32 Å². The van der Waals surface area contributed by atoms with Gasteiger partial charge >= 0.3 is 6.18 Å². The maximum atomic E-state index is 12.5. The van der Waals surface area contributed by atoms with Crippen LogP contribution in [0, 0.1) is 5.92 Å². The Bertz CT molecular complexity index is 882. The summed E-state index contributed by atoms with van der Waals surface area (Å²) in [5.41, 5.74) is 0.342. The van der Waals surface area contributed by atoms with Crippen molar-refractivity contribution >= 4 is 22.9 Å². The van der Waals surface area contributed by atoms with E-state index >= 15 is 0 Å². The van der Waals surface area contributed by atoms with Gasteiger partial charge in [0, 0.05) is 24.1 Å². The fourth-order valence-electron chi connectivity index (χ4n) is 2.58. The number of amides is 1. The number of aromatic amines is 2. The molecule has 1 fully saturated rings. The second-order valence-electron chi connectivity index (χ2n) is 5.60. The first-order chi connectivity index (χ1) is 11.4. The molecular formula is C14H11F3N6O. The minimum Gasteiger partial charge on any atom is -0.340 e. The molecule has 3 aromatic rings. The van der Waals surface area contributed by atoms with Crippen molar-refractivity contribution < 1.29 is 18.0 Å². The maximum Gasteiger partial charge on any atom is 0.432 e. The normalized spacial score (nSPS) is 20.3. The Morgan fingerprint density at radius 2 is 2.21 bits per heavy atom. The fourth-order valence-corrected chi connectivity index (χ4v) is 2.58. The summed E-state index contributed by atoms with van der Waals surface area (Å²) in [6, 6.07) is 4.37. The Kier molecular flexibility index (Phi) is 3.08. The summed E-state index contributed by atoms with van der Waals surface area (Å²) in [5, 5.41) is 7.70. The first-order valence-electron chi connectivity index (χ1n) is 7.16. The molecule has 10 heteroatoms. The van der Waals surface area contributed by atoms with Gasteiger partial charge in [0.1, 0.15) is 11.5 Å². The molecule has 1 aliphatic rings. The number of anilines is 1. The van der Waals surface area contributed by atoms with E-state index in [1.807, 2.05) is 11.2 Å². The molecule has 0 aliphatic heterocycles. The lowest BCUT2D eigenvalue weighted by molar-refractivity contribution is -0.141. The lowest BCUT2D eigenvalue weighted by atomic mass is 10.3. The Morgan fingerprint density at radius 1 is 1.38 bits per heavy atom. The topological polar surface area (TPSA) is 99.3 Å². The van der Waals surface area contributed by atoms with Crippen LogP contribution in [0.15, 0.2) is 24.4 Å². The van der Waals surface area contributed by atoms with Crippen molar-refractivity contribution in [3.8, 4) is 0 Å². The van der Waals surface area contributed by atoms with Gasteiger partial charge in [0.15, 0.2) is 11.5 Å². The molecule has 0 aromatic carbocycles. The number of hydrogen-bond donors (Lipinski definition) is 3. The number of halogens is 3. The summed E-state index contributed by atoms with van der Waals surface area (Å²) < 4.78 is 37.5. The maximum absolute atomic E-state index is 12.5. The van der Waals surface area contributed by atoms with E-state index in [1.54, 1.807) is 12.3 Å². The highest BCUT2D eigenvalue weighted by atomic mass is 19.4. The summed E-state index contributed by atoms with van der Waals surface area (Å²) in [7, 11) is 0. The summed E-state index contributed by atoms with van der Waals surface area (Å²) in [6.45, 7) is 0. The Hall–Kier alpha value is -2.91. The largest absolute Gasteiger partial charge is 0.432 e. The number of nitrogens with zero attached hydrogens (tertiary/aromatic N) is 3. The third-order valence-electron chi connectivity index (χ3n) is 3.89. The standard InChI is InChI=1S/C14H11F3N6O/c15-14(16,17)9-5-10(23-22-9)20-13(24)7-4-6(7)11-19-8-2-1-3-18-12(8)21-11/h1-3,5-7H,4H2,(H,18,19,21)(H2,20,22,23,24)/t6-,7+/m0/s1. The van der Waals surface area contributed by atoms with Gasteiger partial charge < -0.3 is 10.3 Å². The number of rotatable bonds is 3. The molecule has 7 nitrogen and oxygen atoms in total. The molecule has 2 atom stereocenters. The van der Waals surface area contributed by atoms with Crippen LogP contribution in [0.3, 0.4) is 0 Å². The average Bonchev–Trinajstić information content (AvgIpc) is 2.99. The molecule has 1 aliphatic carbocycles. The number of fused-ring (bicyclic) bond motifs is 1. The second-order valence-corrected chi connectivity index (χ2v) is 5.60. The van der Waals surface area contributed by atoms with Crippen LogP contribution >= 0.6 is 0 Å². The van der Waals surface area contributed by atoms with E-state index in [2.05, 4.69) is 25.4 Å². The van der Waals surface area contributed by atoms with Crippen LogP contribution < -0.4 is 5.32 Å². The SMILES string of the molecule is O=C(Nc1cc(C(F)(F)F)[nH]n1)[C@@H]1C[C@@H]1c1nc2ncccc2[nH]1. The number of H-pyrrole nitrogens is 2. The third-order valence-corrected chi connectivity index (χ3v) is 3.89. The van der Waals surface area contributed by atoms with E-state index in [-0.39, 0.29) is 23.6 Å². The van der Waals surface area contributed by atoms with Gasteiger partial charge in [-0.2, -0.15) is 18.3 Å². The van der Waals surface area contributed by atoms with Gasteiger partial charge in [0.05, 0.1) is 5.52 Å². The van der Waals surface area contributed by atoms with Crippen molar-refractivity contribution in [1.82, 2.24) is 25.1 Å². The van der Waals surface area contributed by atoms with E-state index in [0.717, 1.165) is 11.6 Å². The fraction of sp³-hybridized carbons (Fsp3) is 0.286. The molecule has 0 spiro atoms. The molecule has 3 aromatic heterocycles. The monoisotopic (exact) mass is 336 g/mol. The molecule has 0 unspecified atom stereocenters. The Labute approximate surface area is 132 Å². The predicted octanol–water partition coefficient (Wildman–Crippen LogP) is 2.44. The number of imidazole rings is 1. The lowest BCUT2D eigenvalue weighted by Gasteiger charge is -2.01. The van der Waals surface area contributed by atoms with Crippen LogP contribution in [0.25, 0.3) is 11.2 Å². The van der Waals surface area contributed by atoms with Crippen molar-refractivity contribution in [2.24, 2.45) is 5.92 Å². The van der Waals surface area contributed by atoms with Gasteiger partial charge in [-0.3, -0.25) is 9.89 Å². The molecule has 1 saturated carbocycles. The number of carbonyl (C=O) groups excluding carboxylic acids is 1. The number of alkyl halides is 3. The third kappa shape index (κ3) is 2.59. The zero-order chi connectivity index (χ0) is 16.9. The van der Waals surface area contributed by atoms with Crippen LogP contribution in [0.1, 0.15) is 23.9 Å². The molecule has 0 bridgehead atoms. The molecule has 4 rings (SSSR count). The van der Waals surface area contributed by atoms with Crippen LogP contribution in [0.4, 0.5) is 19.0 Å². The molecule has 3 heterocycles. The van der Waals surface area contributed by atoms with E-state index in [1.165, 1.54) is 0 Å². The van der Waals surface area contributed by atoms with Gasteiger partial charge in [-0.1, -0.05) is 0 Å². The molecular weight excluding hydrogens is 325 g/mol. The van der Waals surface area contributed by atoms with Crippen molar-refractivity contribution in [2.45, 2.75) is 18.5 Å². The molecule has 3 N–H and O–H groups in total.